The molecule has 1 heterocycles. The van der Waals surface area contributed by atoms with Gasteiger partial charge in [-0.1, -0.05) is 71.9 Å². The van der Waals surface area contributed by atoms with Crippen LogP contribution in [0.5, 0.6) is 5.75 Å². The normalized spacial score (nSPS) is 14.8. The van der Waals surface area contributed by atoms with Crippen LogP contribution in [-0.4, -0.2) is 29.9 Å². The predicted molar refractivity (Wildman–Crippen MR) is 151 cm³/mol. The van der Waals surface area contributed by atoms with Crippen LogP contribution in [0, 0.1) is 22.7 Å². The number of rotatable bonds is 11. The molecule has 1 aromatic heterocycles. The summed E-state index contributed by atoms with van der Waals surface area (Å²) < 4.78 is 54.8. The summed E-state index contributed by atoms with van der Waals surface area (Å²) in [4.78, 5) is 12.8. The zero-order valence-corrected chi connectivity index (χ0v) is 24.2. The summed E-state index contributed by atoms with van der Waals surface area (Å²) >= 11 is 0. The van der Waals surface area contributed by atoms with Gasteiger partial charge in [0.25, 0.3) is 0 Å². The van der Waals surface area contributed by atoms with Crippen LogP contribution in [0.3, 0.4) is 0 Å². The number of aromatic nitrogens is 1. The van der Waals surface area contributed by atoms with Gasteiger partial charge in [0, 0.05) is 23.7 Å². The maximum Gasteiger partial charge on any atom is 0.398 e. The van der Waals surface area contributed by atoms with Gasteiger partial charge in [-0.3, -0.25) is 4.79 Å². The molecule has 2 aromatic carbocycles. The fourth-order valence-corrected chi connectivity index (χ4v) is 5.03. The molecule has 7 heteroatoms. The van der Waals surface area contributed by atoms with Gasteiger partial charge in [0.1, 0.15) is 24.9 Å². The van der Waals surface area contributed by atoms with E-state index >= 15 is 0 Å². The number of halogens is 3. The van der Waals surface area contributed by atoms with E-state index < -0.39 is 36.7 Å². The second-order valence-electron chi connectivity index (χ2n) is 12.4. The molecular formula is C32H42F3NO3. The number of carbonyl (C=O) groups excluding carboxylic acids is 1. The van der Waals surface area contributed by atoms with E-state index in [0.717, 1.165) is 28.7 Å². The van der Waals surface area contributed by atoms with Crippen LogP contribution in [-0.2, 0) is 16.1 Å². The van der Waals surface area contributed by atoms with Crippen molar-refractivity contribution in [3.63, 3.8) is 0 Å². The number of hydrogen-bond acceptors (Lipinski definition) is 3. The van der Waals surface area contributed by atoms with Crippen molar-refractivity contribution in [1.29, 1.82) is 0 Å². The molecule has 4 nitrogen and oxygen atoms in total. The van der Waals surface area contributed by atoms with Gasteiger partial charge in [0.05, 0.1) is 10.9 Å². The van der Waals surface area contributed by atoms with Crippen LogP contribution < -0.4 is 4.74 Å². The van der Waals surface area contributed by atoms with Crippen LogP contribution in [0.15, 0.2) is 54.6 Å². The Kier molecular flexibility index (Phi) is 9.45. The lowest BCUT2D eigenvalue weighted by atomic mass is 9.73. The van der Waals surface area contributed by atoms with Gasteiger partial charge in [-0.05, 0) is 54.9 Å². The van der Waals surface area contributed by atoms with Gasteiger partial charge >= 0.3 is 12.1 Å². The average molecular weight is 546 g/mol. The Morgan fingerprint density at radius 2 is 1.62 bits per heavy atom. The summed E-state index contributed by atoms with van der Waals surface area (Å²) in [5.41, 5.74) is 2.00. The van der Waals surface area contributed by atoms with Gasteiger partial charge < -0.3 is 14.0 Å². The van der Waals surface area contributed by atoms with E-state index in [1.54, 1.807) is 19.1 Å². The SMILES string of the molecule is CCC(C)(CC(C)(C)C)C(=O)OCC(COc1ccc2cc(-c3ccccc3)n(CC(C)C)c2c1)C(F)(F)F. The number of nitrogens with zero attached hydrogens (tertiary/aromatic N) is 1. The molecule has 0 N–H and O–H groups in total. The Hall–Kier alpha value is -2.96. The van der Waals surface area contributed by atoms with E-state index in [-0.39, 0.29) is 5.41 Å². The summed E-state index contributed by atoms with van der Waals surface area (Å²) in [5.74, 6) is -1.83. The highest BCUT2D eigenvalue weighted by Gasteiger charge is 2.43. The maximum absolute atomic E-state index is 13.9. The number of benzene rings is 2. The molecule has 0 aliphatic heterocycles. The Morgan fingerprint density at radius 1 is 0.949 bits per heavy atom. The summed E-state index contributed by atoms with van der Waals surface area (Å²) in [6.07, 6.45) is -3.57. The largest absolute Gasteiger partial charge is 0.493 e. The Morgan fingerprint density at radius 3 is 2.18 bits per heavy atom. The van der Waals surface area contributed by atoms with Gasteiger partial charge in [-0.25, -0.2) is 0 Å². The Labute approximate surface area is 230 Å². The van der Waals surface area contributed by atoms with E-state index in [2.05, 4.69) is 24.5 Å². The number of alkyl halides is 3. The molecule has 39 heavy (non-hydrogen) atoms. The van der Waals surface area contributed by atoms with Crippen molar-refractivity contribution in [2.45, 2.75) is 74.0 Å². The quantitative estimate of drug-likeness (QED) is 0.226. The summed E-state index contributed by atoms with van der Waals surface area (Å²) in [7, 11) is 0. The molecule has 0 saturated heterocycles. The molecule has 0 bridgehead atoms. The minimum absolute atomic E-state index is 0.164. The number of fused-ring (bicyclic) bond motifs is 1. The molecule has 214 valence electrons. The molecule has 2 atom stereocenters. The fraction of sp³-hybridized carbons (Fsp3) is 0.531. The van der Waals surface area contributed by atoms with Crippen molar-refractivity contribution in [2.75, 3.05) is 13.2 Å². The molecule has 0 amide bonds. The highest BCUT2D eigenvalue weighted by atomic mass is 19.4. The average Bonchev–Trinajstić information content (AvgIpc) is 3.19. The first-order chi connectivity index (χ1) is 18.1. The van der Waals surface area contributed by atoms with Crippen LogP contribution >= 0.6 is 0 Å². The lowest BCUT2D eigenvalue weighted by molar-refractivity contribution is -0.200. The molecule has 0 radical (unpaired) electrons. The maximum atomic E-state index is 13.9. The van der Waals surface area contributed by atoms with Crippen molar-refractivity contribution in [3.8, 4) is 17.0 Å². The minimum atomic E-state index is -4.57. The fourth-order valence-electron chi connectivity index (χ4n) is 5.03. The topological polar surface area (TPSA) is 40.5 Å². The summed E-state index contributed by atoms with van der Waals surface area (Å²) in [5, 5.41) is 0.987. The molecule has 3 rings (SSSR count). The number of ether oxygens (including phenoxy) is 2. The van der Waals surface area contributed by atoms with Gasteiger partial charge in [0.2, 0.25) is 0 Å². The second-order valence-corrected chi connectivity index (χ2v) is 12.4. The monoisotopic (exact) mass is 545 g/mol. The number of esters is 1. The van der Waals surface area contributed by atoms with E-state index in [0.29, 0.717) is 24.5 Å². The zero-order chi connectivity index (χ0) is 29.0. The van der Waals surface area contributed by atoms with E-state index in [9.17, 15) is 18.0 Å². The Balaban J connectivity index is 1.80. The predicted octanol–water partition coefficient (Wildman–Crippen LogP) is 8.92. The number of hydrogen-bond donors (Lipinski definition) is 0. The molecule has 0 aliphatic carbocycles. The van der Waals surface area contributed by atoms with Crippen molar-refractivity contribution >= 4 is 16.9 Å². The lowest BCUT2D eigenvalue weighted by Gasteiger charge is -2.33. The summed E-state index contributed by atoms with van der Waals surface area (Å²) in [6, 6.07) is 17.5. The van der Waals surface area contributed by atoms with Crippen molar-refractivity contribution in [2.24, 2.45) is 22.7 Å². The molecule has 0 spiro atoms. The van der Waals surface area contributed by atoms with E-state index in [1.807, 2.05) is 64.1 Å². The second kappa shape index (κ2) is 12.1. The molecule has 3 aromatic rings. The van der Waals surface area contributed by atoms with E-state index in [4.69, 9.17) is 9.47 Å². The third kappa shape index (κ3) is 8.02. The molecule has 2 unspecified atom stereocenters. The summed E-state index contributed by atoms with van der Waals surface area (Å²) in [6.45, 7) is 13.2. The molecule has 0 saturated carbocycles. The van der Waals surface area contributed by atoms with Crippen LogP contribution in [0.25, 0.3) is 22.2 Å². The molecular weight excluding hydrogens is 503 g/mol. The molecule has 0 fully saturated rings. The zero-order valence-electron chi connectivity index (χ0n) is 24.2. The van der Waals surface area contributed by atoms with Crippen LogP contribution in [0.1, 0.15) is 61.3 Å². The highest BCUT2D eigenvalue weighted by molar-refractivity contribution is 5.88. The third-order valence-corrected chi connectivity index (χ3v) is 7.02. The lowest BCUT2D eigenvalue weighted by Crippen LogP contribution is -2.38. The first kappa shape index (κ1) is 30.6. The van der Waals surface area contributed by atoms with Crippen molar-refractivity contribution in [3.05, 3.63) is 54.6 Å². The van der Waals surface area contributed by atoms with Crippen LogP contribution in [0.2, 0.25) is 0 Å². The van der Waals surface area contributed by atoms with Crippen molar-refractivity contribution < 1.29 is 27.4 Å². The van der Waals surface area contributed by atoms with E-state index in [1.165, 1.54) is 0 Å². The third-order valence-electron chi connectivity index (χ3n) is 7.02. The smallest absolute Gasteiger partial charge is 0.398 e. The molecule has 0 aliphatic rings. The standard InChI is InChI=1S/C32H42F3NO3/c1-8-31(7,21-30(4,5)6)29(37)39-20-25(32(33,34)35)19-38-26-15-14-24-16-27(23-12-10-9-11-13-23)36(18-22(2)3)28(24)17-26/h9-17,22,25H,8,18-21H2,1-7H3. The Bertz CT molecular complexity index is 1240. The van der Waals surface area contributed by atoms with Crippen molar-refractivity contribution in [1.82, 2.24) is 4.57 Å². The first-order valence-electron chi connectivity index (χ1n) is 13.7. The first-order valence-corrected chi connectivity index (χ1v) is 13.7. The number of carbonyl (C=O) groups is 1. The van der Waals surface area contributed by atoms with Gasteiger partial charge in [-0.2, -0.15) is 13.2 Å². The highest BCUT2D eigenvalue weighted by Crippen LogP contribution is 2.38. The van der Waals surface area contributed by atoms with Crippen LogP contribution in [0.4, 0.5) is 13.2 Å². The van der Waals surface area contributed by atoms with Gasteiger partial charge in [-0.15, -0.1) is 0 Å². The van der Waals surface area contributed by atoms with Gasteiger partial charge in [0.15, 0.2) is 0 Å². The minimum Gasteiger partial charge on any atom is -0.493 e.